The van der Waals surface area contributed by atoms with Crippen molar-refractivity contribution < 1.29 is 24.8 Å². The molecule has 1 aromatic carbocycles. The summed E-state index contributed by atoms with van der Waals surface area (Å²) in [7, 11) is 0. The van der Waals surface area contributed by atoms with Gasteiger partial charge in [-0.25, -0.2) is 4.99 Å². The Morgan fingerprint density at radius 3 is 2.62 bits per heavy atom. The third-order valence-corrected chi connectivity index (χ3v) is 3.63. The van der Waals surface area contributed by atoms with E-state index in [2.05, 4.69) is 10.3 Å². The predicted octanol–water partition coefficient (Wildman–Crippen LogP) is -1.03. The molecule has 4 N–H and O–H groups in total. The molecule has 5 atom stereocenters. The predicted molar refractivity (Wildman–Crippen MR) is 73.4 cm³/mol. The number of fused-ring (bicyclic) bond motifs is 1. The maximum absolute atomic E-state index is 9.99. The molecule has 2 aliphatic rings. The molecule has 21 heavy (non-hydrogen) atoms. The Balaban J connectivity index is 1.67. The van der Waals surface area contributed by atoms with Crippen LogP contribution in [0.25, 0.3) is 0 Å². The highest BCUT2D eigenvalue weighted by atomic mass is 16.6. The van der Waals surface area contributed by atoms with E-state index in [1.54, 1.807) is 0 Å². The van der Waals surface area contributed by atoms with Gasteiger partial charge in [0.15, 0.2) is 12.3 Å². The van der Waals surface area contributed by atoms with E-state index in [1.165, 1.54) is 0 Å². The Labute approximate surface area is 121 Å². The van der Waals surface area contributed by atoms with Gasteiger partial charge in [-0.1, -0.05) is 30.3 Å². The molecule has 0 bridgehead atoms. The van der Waals surface area contributed by atoms with E-state index < -0.39 is 30.6 Å². The zero-order valence-corrected chi connectivity index (χ0v) is 11.3. The highest BCUT2D eigenvalue weighted by Gasteiger charge is 2.49. The van der Waals surface area contributed by atoms with Crippen molar-refractivity contribution in [2.24, 2.45) is 4.99 Å². The van der Waals surface area contributed by atoms with Crippen LogP contribution >= 0.6 is 0 Å². The lowest BCUT2D eigenvalue weighted by molar-refractivity contribution is -0.214. The monoisotopic (exact) mass is 294 g/mol. The third-order valence-electron chi connectivity index (χ3n) is 3.63. The summed E-state index contributed by atoms with van der Waals surface area (Å²) in [4.78, 5) is 4.28. The molecule has 0 amide bonds. The molecule has 2 saturated heterocycles. The molecule has 2 fully saturated rings. The van der Waals surface area contributed by atoms with E-state index >= 15 is 0 Å². The van der Waals surface area contributed by atoms with Gasteiger partial charge in [0.1, 0.15) is 18.3 Å². The second-order valence-electron chi connectivity index (χ2n) is 5.09. The van der Waals surface area contributed by atoms with Crippen LogP contribution in [0.5, 0.6) is 0 Å². The van der Waals surface area contributed by atoms with Gasteiger partial charge in [-0.3, -0.25) is 0 Å². The van der Waals surface area contributed by atoms with Crippen molar-refractivity contribution in [2.45, 2.75) is 37.2 Å². The number of nitrogens with zero attached hydrogens (tertiary/aromatic N) is 1. The van der Waals surface area contributed by atoms with Gasteiger partial charge in [-0.2, -0.15) is 0 Å². The van der Waals surface area contributed by atoms with Gasteiger partial charge in [-0.15, -0.1) is 0 Å². The van der Waals surface area contributed by atoms with E-state index in [1.807, 2.05) is 30.3 Å². The normalized spacial score (nSPS) is 36.9. The number of hydrogen-bond acceptors (Lipinski definition) is 6. The van der Waals surface area contributed by atoms with Crippen LogP contribution in [-0.4, -0.2) is 58.6 Å². The summed E-state index contributed by atoms with van der Waals surface area (Å²) in [5.74, 6) is 0. The maximum Gasteiger partial charge on any atom is 0.287 e. The molecule has 0 spiro atoms. The summed E-state index contributed by atoms with van der Waals surface area (Å²) in [6.45, 7) is 0.0598. The fourth-order valence-electron chi connectivity index (χ4n) is 2.45. The van der Waals surface area contributed by atoms with Crippen molar-refractivity contribution in [2.75, 3.05) is 6.61 Å². The standard InChI is InChI=1S/C14H18N2O5/c17-7-9-10(18)11(19)12-13(20-9)16-14(21-12)15-6-8-4-2-1-3-5-8/h1-5,9-13,17-19H,6-7H2,(H,15,16)/t9-,10-,11+,12-,13-/m1/s1. The van der Waals surface area contributed by atoms with Crippen LogP contribution in [0.2, 0.25) is 0 Å². The molecule has 0 unspecified atom stereocenters. The van der Waals surface area contributed by atoms with Crippen molar-refractivity contribution in [3.8, 4) is 0 Å². The second kappa shape index (κ2) is 5.98. The van der Waals surface area contributed by atoms with Crippen LogP contribution in [0.1, 0.15) is 5.56 Å². The van der Waals surface area contributed by atoms with Crippen LogP contribution in [0.4, 0.5) is 0 Å². The topological polar surface area (TPSA) is 104 Å². The number of amidine groups is 1. The lowest BCUT2D eigenvalue weighted by atomic mass is 9.99. The minimum Gasteiger partial charge on any atom is -0.454 e. The van der Waals surface area contributed by atoms with Crippen LogP contribution in [-0.2, 0) is 16.0 Å². The zero-order valence-electron chi connectivity index (χ0n) is 11.3. The number of benzene rings is 1. The van der Waals surface area contributed by atoms with E-state index in [0.717, 1.165) is 5.56 Å². The lowest BCUT2D eigenvalue weighted by Gasteiger charge is -2.36. The molecule has 0 radical (unpaired) electrons. The molecule has 1 aromatic rings. The quantitative estimate of drug-likeness (QED) is 0.568. The lowest BCUT2D eigenvalue weighted by Crippen LogP contribution is -2.59. The third kappa shape index (κ3) is 2.86. The number of aliphatic hydroxyl groups is 3. The first kappa shape index (κ1) is 14.3. The molecule has 0 aromatic heterocycles. The fraction of sp³-hybridized carbons (Fsp3) is 0.500. The maximum atomic E-state index is 9.99. The SMILES string of the molecule is OC[C@H]1O[C@H]2NC(=NCc3ccccc3)O[C@@H]2[C@@H](O)[C@@H]1O. The summed E-state index contributed by atoms with van der Waals surface area (Å²) in [6, 6.07) is 9.93. The zero-order chi connectivity index (χ0) is 14.8. The first-order valence-electron chi connectivity index (χ1n) is 6.83. The molecule has 7 heteroatoms. The van der Waals surface area contributed by atoms with Gasteiger partial charge in [0, 0.05) is 0 Å². The molecular weight excluding hydrogens is 276 g/mol. The van der Waals surface area contributed by atoms with Gasteiger partial charge in [0.25, 0.3) is 6.02 Å². The molecular formula is C14H18N2O5. The Morgan fingerprint density at radius 1 is 1.14 bits per heavy atom. The number of aliphatic imine (C=N–C) groups is 1. The summed E-state index contributed by atoms with van der Waals surface area (Å²) in [6.07, 6.45) is -4.54. The minimum atomic E-state index is -1.19. The smallest absolute Gasteiger partial charge is 0.287 e. The first-order valence-corrected chi connectivity index (χ1v) is 6.83. The molecule has 0 saturated carbocycles. The fourth-order valence-corrected chi connectivity index (χ4v) is 2.45. The number of nitrogens with one attached hydrogen (secondary N) is 1. The largest absolute Gasteiger partial charge is 0.454 e. The van der Waals surface area contributed by atoms with Crippen molar-refractivity contribution in [1.29, 1.82) is 0 Å². The van der Waals surface area contributed by atoms with Gasteiger partial charge >= 0.3 is 0 Å². The molecule has 3 rings (SSSR count). The van der Waals surface area contributed by atoms with Crippen molar-refractivity contribution in [3.63, 3.8) is 0 Å². The number of ether oxygens (including phenoxy) is 2. The minimum absolute atomic E-state index is 0.263. The number of aliphatic hydroxyl groups excluding tert-OH is 3. The summed E-state index contributed by atoms with van der Waals surface area (Å²) < 4.78 is 10.9. The number of rotatable bonds is 3. The average Bonchev–Trinajstić information content (AvgIpc) is 2.93. The summed E-state index contributed by atoms with van der Waals surface area (Å²) in [5.41, 5.74) is 1.03. The molecule has 2 aliphatic heterocycles. The highest BCUT2D eigenvalue weighted by molar-refractivity contribution is 5.76. The van der Waals surface area contributed by atoms with Gasteiger partial charge in [-0.05, 0) is 5.56 Å². The van der Waals surface area contributed by atoms with E-state index in [0.29, 0.717) is 6.54 Å². The number of hydrogen-bond donors (Lipinski definition) is 4. The summed E-state index contributed by atoms with van der Waals surface area (Å²) >= 11 is 0. The van der Waals surface area contributed by atoms with Crippen LogP contribution < -0.4 is 5.32 Å². The van der Waals surface area contributed by atoms with Gasteiger partial charge in [0.05, 0.1) is 13.2 Å². The van der Waals surface area contributed by atoms with Crippen LogP contribution in [0.15, 0.2) is 35.3 Å². The summed E-state index contributed by atoms with van der Waals surface area (Å²) in [5, 5.41) is 31.8. The molecule has 0 aliphatic carbocycles. The van der Waals surface area contributed by atoms with Crippen molar-refractivity contribution in [3.05, 3.63) is 35.9 Å². The Bertz CT molecular complexity index is 509. The van der Waals surface area contributed by atoms with Crippen LogP contribution in [0.3, 0.4) is 0 Å². The van der Waals surface area contributed by atoms with Crippen LogP contribution in [0, 0.1) is 0 Å². The Kier molecular flexibility index (Phi) is 4.07. The highest BCUT2D eigenvalue weighted by Crippen LogP contribution is 2.25. The molecule has 2 heterocycles. The van der Waals surface area contributed by atoms with E-state index in [4.69, 9.17) is 14.6 Å². The van der Waals surface area contributed by atoms with Gasteiger partial charge in [0.2, 0.25) is 0 Å². The second-order valence-corrected chi connectivity index (χ2v) is 5.09. The van der Waals surface area contributed by atoms with Gasteiger partial charge < -0.3 is 30.1 Å². The van der Waals surface area contributed by atoms with E-state index in [-0.39, 0.29) is 12.6 Å². The molecule has 114 valence electrons. The van der Waals surface area contributed by atoms with Crippen molar-refractivity contribution in [1.82, 2.24) is 5.32 Å². The Morgan fingerprint density at radius 2 is 1.90 bits per heavy atom. The first-order chi connectivity index (χ1) is 10.2. The molecule has 7 nitrogen and oxygen atoms in total. The Hall–Kier alpha value is -1.67. The average molecular weight is 294 g/mol. The van der Waals surface area contributed by atoms with E-state index in [9.17, 15) is 10.2 Å². The van der Waals surface area contributed by atoms with Crippen molar-refractivity contribution >= 4 is 6.02 Å².